The second kappa shape index (κ2) is 6.61. The van der Waals surface area contributed by atoms with E-state index < -0.39 is 0 Å². The second-order valence-corrected chi connectivity index (χ2v) is 5.17. The molecule has 0 aromatic heterocycles. The molecule has 0 aliphatic carbocycles. The number of nitrogens with one attached hydrogen (secondary N) is 2. The van der Waals surface area contributed by atoms with E-state index in [0.29, 0.717) is 19.6 Å². The number of carbonyl (C=O) groups is 1. The van der Waals surface area contributed by atoms with E-state index in [-0.39, 0.29) is 18.0 Å². The maximum atomic E-state index is 11.5. The van der Waals surface area contributed by atoms with Gasteiger partial charge in [-0.2, -0.15) is 0 Å². The van der Waals surface area contributed by atoms with Crippen LogP contribution in [0.3, 0.4) is 0 Å². The first-order valence-electron chi connectivity index (χ1n) is 6.96. The van der Waals surface area contributed by atoms with Crippen LogP contribution >= 0.6 is 0 Å². The summed E-state index contributed by atoms with van der Waals surface area (Å²) in [6.45, 7) is 4.89. The topological polar surface area (TPSA) is 59.6 Å². The minimum Gasteiger partial charge on any atom is -0.493 e. The van der Waals surface area contributed by atoms with Gasteiger partial charge in [0.05, 0.1) is 19.1 Å². The molecule has 0 saturated carbocycles. The third-order valence-corrected chi connectivity index (χ3v) is 3.16. The molecule has 1 aliphatic heterocycles. The normalized spacial score (nSPS) is 16.7. The number of ether oxygens (including phenoxy) is 2. The van der Waals surface area contributed by atoms with Crippen LogP contribution in [0.5, 0.6) is 11.5 Å². The molecule has 0 saturated heterocycles. The van der Waals surface area contributed by atoms with Crippen molar-refractivity contribution in [1.82, 2.24) is 10.6 Å². The Bertz CT molecular complexity index is 474. The van der Waals surface area contributed by atoms with Crippen LogP contribution in [0.2, 0.25) is 0 Å². The molecule has 0 fully saturated rings. The van der Waals surface area contributed by atoms with Crippen LogP contribution in [0.4, 0.5) is 0 Å². The van der Waals surface area contributed by atoms with Gasteiger partial charge in [0.15, 0.2) is 0 Å². The lowest BCUT2D eigenvalue weighted by atomic mass is 10.1. The molecular formula is C15H22N2O3. The fourth-order valence-electron chi connectivity index (χ4n) is 2.17. The summed E-state index contributed by atoms with van der Waals surface area (Å²) < 4.78 is 11.2. The van der Waals surface area contributed by atoms with Crippen molar-refractivity contribution in [1.29, 1.82) is 0 Å². The summed E-state index contributed by atoms with van der Waals surface area (Å²) in [5, 5.41) is 6.03. The molecular weight excluding hydrogens is 256 g/mol. The van der Waals surface area contributed by atoms with Gasteiger partial charge >= 0.3 is 0 Å². The Morgan fingerprint density at radius 3 is 3.00 bits per heavy atom. The van der Waals surface area contributed by atoms with Gasteiger partial charge in [-0.15, -0.1) is 0 Å². The maximum absolute atomic E-state index is 11.5. The summed E-state index contributed by atoms with van der Waals surface area (Å²) >= 11 is 0. The van der Waals surface area contributed by atoms with Gasteiger partial charge in [-0.1, -0.05) is 0 Å². The molecule has 1 unspecified atom stereocenters. The van der Waals surface area contributed by atoms with Crippen molar-refractivity contribution in [3.63, 3.8) is 0 Å². The maximum Gasteiger partial charge on any atom is 0.223 e. The van der Waals surface area contributed by atoms with Crippen LogP contribution in [0, 0.1) is 0 Å². The molecule has 0 radical (unpaired) electrons. The zero-order valence-corrected chi connectivity index (χ0v) is 12.2. The fourth-order valence-corrected chi connectivity index (χ4v) is 2.17. The zero-order chi connectivity index (χ0) is 14.5. The molecule has 1 heterocycles. The Kier molecular flexibility index (Phi) is 4.84. The SMILES string of the molecule is CNC1COc2cc(OCCC(=O)NC(C)C)ccc21. The quantitative estimate of drug-likeness (QED) is 0.830. The first-order valence-corrected chi connectivity index (χ1v) is 6.96. The van der Waals surface area contributed by atoms with Crippen molar-refractivity contribution >= 4 is 5.91 Å². The first kappa shape index (κ1) is 14.7. The number of rotatable bonds is 6. The van der Waals surface area contributed by atoms with Crippen LogP contribution in [0.15, 0.2) is 18.2 Å². The fraction of sp³-hybridized carbons (Fsp3) is 0.533. The lowest BCUT2D eigenvalue weighted by molar-refractivity contribution is -0.122. The highest BCUT2D eigenvalue weighted by atomic mass is 16.5. The van der Waals surface area contributed by atoms with Crippen molar-refractivity contribution in [2.24, 2.45) is 0 Å². The number of likely N-dealkylation sites (N-methyl/N-ethyl adjacent to an activating group) is 1. The summed E-state index contributed by atoms with van der Waals surface area (Å²) in [7, 11) is 1.92. The van der Waals surface area contributed by atoms with Gasteiger partial charge in [-0.3, -0.25) is 4.79 Å². The average Bonchev–Trinajstić information content (AvgIpc) is 2.80. The van der Waals surface area contributed by atoms with E-state index >= 15 is 0 Å². The van der Waals surface area contributed by atoms with Crippen LogP contribution in [0.25, 0.3) is 0 Å². The average molecular weight is 278 g/mol. The van der Waals surface area contributed by atoms with E-state index in [9.17, 15) is 4.79 Å². The van der Waals surface area contributed by atoms with Crippen LogP contribution in [-0.4, -0.2) is 32.2 Å². The highest BCUT2D eigenvalue weighted by molar-refractivity contribution is 5.76. The molecule has 1 aromatic carbocycles. The number of hydrogen-bond acceptors (Lipinski definition) is 4. The Balaban J connectivity index is 1.84. The van der Waals surface area contributed by atoms with Gasteiger partial charge in [0, 0.05) is 17.7 Å². The van der Waals surface area contributed by atoms with Crippen molar-refractivity contribution < 1.29 is 14.3 Å². The second-order valence-electron chi connectivity index (χ2n) is 5.17. The minimum absolute atomic E-state index is 0.00709. The molecule has 0 bridgehead atoms. The standard InChI is InChI=1S/C15H22N2O3/c1-10(2)17-15(18)6-7-19-11-4-5-12-13(16-3)9-20-14(12)8-11/h4-5,8,10,13,16H,6-7,9H2,1-3H3,(H,17,18). The molecule has 5 nitrogen and oxygen atoms in total. The third-order valence-electron chi connectivity index (χ3n) is 3.16. The monoisotopic (exact) mass is 278 g/mol. The molecule has 1 aromatic rings. The van der Waals surface area contributed by atoms with E-state index in [2.05, 4.69) is 10.6 Å². The van der Waals surface area contributed by atoms with Crippen LogP contribution in [-0.2, 0) is 4.79 Å². The van der Waals surface area contributed by atoms with Gasteiger partial charge in [0.2, 0.25) is 5.91 Å². The number of carbonyl (C=O) groups excluding carboxylic acids is 1. The van der Waals surface area contributed by atoms with Crippen molar-refractivity contribution in [2.45, 2.75) is 32.4 Å². The predicted molar refractivity (Wildman–Crippen MR) is 77.1 cm³/mol. The first-order chi connectivity index (χ1) is 9.60. The van der Waals surface area contributed by atoms with Crippen LogP contribution < -0.4 is 20.1 Å². The summed E-state index contributed by atoms with van der Waals surface area (Å²) in [5.41, 5.74) is 1.15. The molecule has 0 spiro atoms. The summed E-state index contributed by atoms with van der Waals surface area (Å²) in [6, 6.07) is 6.21. The molecule has 2 N–H and O–H groups in total. The Hall–Kier alpha value is -1.75. The zero-order valence-electron chi connectivity index (χ0n) is 12.2. The van der Waals surface area contributed by atoms with Gasteiger partial charge in [0.1, 0.15) is 18.1 Å². The highest BCUT2D eigenvalue weighted by Crippen LogP contribution is 2.34. The van der Waals surface area contributed by atoms with E-state index in [1.165, 1.54) is 0 Å². The van der Waals surface area contributed by atoms with E-state index in [0.717, 1.165) is 17.1 Å². The summed E-state index contributed by atoms with van der Waals surface area (Å²) in [4.78, 5) is 11.5. The molecule has 1 atom stereocenters. The van der Waals surface area contributed by atoms with E-state index in [1.807, 2.05) is 39.1 Å². The minimum atomic E-state index is 0.00709. The van der Waals surface area contributed by atoms with E-state index in [1.54, 1.807) is 0 Å². The molecule has 5 heteroatoms. The number of hydrogen-bond donors (Lipinski definition) is 2. The smallest absolute Gasteiger partial charge is 0.223 e. The molecule has 1 aliphatic rings. The van der Waals surface area contributed by atoms with Crippen molar-refractivity contribution in [3.05, 3.63) is 23.8 Å². The van der Waals surface area contributed by atoms with Crippen LogP contribution in [0.1, 0.15) is 31.9 Å². The summed E-state index contributed by atoms with van der Waals surface area (Å²) in [6.07, 6.45) is 0.356. The lowest BCUT2D eigenvalue weighted by Crippen LogP contribution is -2.31. The van der Waals surface area contributed by atoms with Gasteiger partial charge in [-0.25, -0.2) is 0 Å². The van der Waals surface area contributed by atoms with Gasteiger partial charge in [-0.05, 0) is 33.0 Å². The molecule has 1 amide bonds. The molecule has 2 rings (SSSR count). The van der Waals surface area contributed by atoms with Gasteiger partial charge in [0.25, 0.3) is 0 Å². The Labute approximate surface area is 119 Å². The molecule has 110 valence electrons. The van der Waals surface area contributed by atoms with Gasteiger partial charge < -0.3 is 20.1 Å². The Morgan fingerprint density at radius 1 is 1.50 bits per heavy atom. The van der Waals surface area contributed by atoms with Crippen molar-refractivity contribution in [3.8, 4) is 11.5 Å². The Morgan fingerprint density at radius 2 is 2.30 bits per heavy atom. The third kappa shape index (κ3) is 3.63. The lowest BCUT2D eigenvalue weighted by Gasteiger charge is -2.10. The van der Waals surface area contributed by atoms with Crippen molar-refractivity contribution in [2.75, 3.05) is 20.3 Å². The number of fused-ring (bicyclic) bond motifs is 1. The largest absolute Gasteiger partial charge is 0.493 e. The molecule has 20 heavy (non-hydrogen) atoms. The highest BCUT2D eigenvalue weighted by Gasteiger charge is 2.22. The predicted octanol–water partition coefficient (Wildman–Crippen LogP) is 1.63. The number of amides is 1. The number of benzene rings is 1. The summed E-state index contributed by atoms with van der Waals surface area (Å²) in [5.74, 6) is 1.60. The van der Waals surface area contributed by atoms with E-state index in [4.69, 9.17) is 9.47 Å².